The molecule has 0 bridgehead atoms. The number of para-hydroxylation sites is 1. The molecule has 0 saturated heterocycles. The number of benzene rings is 1. The molecule has 1 aromatic rings. The van der Waals surface area contributed by atoms with Crippen molar-refractivity contribution in [1.82, 2.24) is 0 Å². The highest BCUT2D eigenvalue weighted by atomic mass is 16.5. The maximum Gasteiger partial charge on any atom is 0.165 e. The van der Waals surface area contributed by atoms with Crippen LogP contribution in [0.4, 0.5) is 0 Å². The summed E-state index contributed by atoms with van der Waals surface area (Å²) in [5, 5.41) is 0. The first-order valence-corrected chi connectivity index (χ1v) is 5.76. The van der Waals surface area contributed by atoms with Crippen molar-refractivity contribution in [2.75, 3.05) is 6.61 Å². The van der Waals surface area contributed by atoms with E-state index in [2.05, 4.69) is 19.6 Å². The monoisotopic (exact) mass is 218 g/mol. The molecule has 0 unspecified atom stereocenters. The molecule has 0 spiro atoms. The summed E-state index contributed by atoms with van der Waals surface area (Å²) in [5.41, 5.74) is 0.963. The Kier molecular flexibility index (Phi) is 2.90. The van der Waals surface area contributed by atoms with Gasteiger partial charge in [0.25, 0.3) is 0 Å². The van der Waals surface area contributed by atoms with Gasteiger partial charge in [0, 0.05) is 0 Å². The summed E-state index contributed by atoms with van der Waals surface area (Å²) in [6.07, 6.45) is 3.86. The lowest BCUT2D eigenvalue weighted by atomic mass is 9.92. The maximum atomic E-state index is 6.01. The highest BCUT2D eigenvalue weighted by molar-refractivity contribution is 5.48. The van der Waals surface area contributed by atoms with Crippen LogP contribution in [0.2, 0.25) is 0 Å². The molecule has 86 valence electrons. The minimum Gasteiger partial charge on any atom is -0.490 e. The van der Waals surface area contributed by atoms with Gasteiger partial charge < -0.3 is 9.47 Å². The Balaban J connectivity index is 2.37. The van der Waals surface area contributed by atoms with Crippen molar-refractivity contribution in [3.05, 3.63) is 36.4 Å². The van der Waals surface area contributed by atoms with Crippen LogP contribution in [0.1, 0.15) is 25.8 Å². The molecule has 0 fully saturated rings. The van der Waals surface area contributed by atoms with Crippen LogP contribution < -0.4 is 9.47 Å². The smallest absolute Gasteiger partial charge is 0.165 e. The van der Waals surface area contributed by atoms with E-state index in [9.17, 15) is 0 Å². The van der Waals surface area contributed by atoms with Crippen LogP contribution in [0, 0.1) is 0 Å². The van der Waals surface area contributed by atoms with Gasteiger partial charge in [-0.3, -0.25) is 0 Å². The minimum atomic E-state index is -0.264. The van der Waals surface area contributed by atoms with Crippen molar-refractivity contribution < 1.29 is 9.47 Å². The molecule has 1 heterocycles. The highest BCUT2D eigenvalue weighted by Crippen LogP contribution is 2.40. The molecule has 2 rings (SSSR count). The second-order valence-electron chi connectivity index (χ2n) is 4.30. The number of hydrogen-bond donors (Lipinski definition) is 0. The van der Waals surface area contributed by atoms with Crippen molar-refractivity contribution in [2.24, 2.45) is 0 Å². The van der Waals surface area contributed by atoms with Gasteiger partial charge in [0.2, 0.25) is 0 Å². The lowest BCUT2D eigenvalue weighted by Crippen LogP contribution is -2.34. The van der Waals surface area contributed by atoms with Gasteiger partial charge in [-0.2, -0.15) is 0 Å². The van der Waals surface area contributed by atoms with Crippen LogP contribution in [0.3, 0.4) is 0 Å². The molecule has 1 aromatic carbocycles. The van der Waals surface area contributed by atoms with Crippen molar-refractivity contribution in [2.45, 2.75) is 32.3 Å². The Bertz CT molecular complexity index is 398. The normalized spacial score (nSPS) is 23.1. The Morgan fingerprint density at radius 3 is 3.06 bits per heavy atom. The predicted octanol–water partition coefficient (Wildman–Crippen LogP) is 3.36. The third-order valence-electron chi connectivity index (χ3n) is 3.02. The van der Waals surface area contributed by atoms with E-state index in [1.54, 1.807) is 0 Å². The average Bonchev–Trinajstić information content (AvgIpc) is 2.30. The third kappa shape index (κ3) is 1.92. The van der Waals surface area contributed by atoms with E-state index in [-0.39, 0.29) is 5.60 Å². The van der Waals surface area contributed by atoms with Crippen molar-refractivity contribution >= 4 is 0 Å². The Morgan fingerprint density at radius 2 is 2.38 bits per heavy atom. The molecule has 16 heavy (non-hydrogen) atoms. The second kappa shape index (κ2) is 4.20. The number of fused-ring (bicyclic) bond motifs is 1. The highest BCUT2D eigenvalue weighted by Gasteiger charge is 2.30. The van der Waals surface area contributed by atoms with E-state index in [1.165, 1.54) is 5.56 Å². The summed E-state index contributed by atoms with van der Waals surface area (Å²) in [5.74, 6) is 1.73. The molecule has 0 saturated carbocycles. The molecule has 1 aliphatic heterocycles. The van der Waals surface area contributed by atoms with E-state index < -0.39 is 0 Å². The lowest BCUT2D eigenvalue weighted by molar-refractivity contribution is 0.108. The molecular weight excluding hydrogens is 200 g/mol. The number of hydrogen-bond acceptors (Lipinski definition) is 2. The number of rotatable bonds is 3. The van der Waals surface area contributed by atoms with Gasteiger partial charge in [-0.05, 0) is 44.4 Å². The molecule has 1 atom stereocenters. The molecule has 2 heteroatoms. The van der Waals surface area contributed by atoms with Crippen LogP contribution in [0.25, 0.3) is 0 Å². The molecule has 0 amide bonds. The summed E-state index contributed by atoms with van der Waals surface area (Å²) in [6.45, 7) is 8.54. The van der Waals surface area contributed by atoms with Gasteiger partial charge in [0.05, 0.1) is 6.61 Å². The van der Waals surface area contributed by atoms with Crippen LogP contribution in [-0.4, -0.2) is 12.2 Å². The minimum absolute atomic E-state index is 0.264. The van der Waals surface area contributed by atoms with Crippen molar-refractivity contribution in [1.29, 1.82) is 0 Å². The average molecular weight is 218 g/mol. The zero-order valence-corrected chi connectivity index (χ0v) is 9.95. The lowest BCUT2D eigenvalue weighted by Gasteiger charge is -2.34. The van der Waals surface area contributed by atoms with Gasteiger partial charge in [0.1, 0.15) is 5.60 Å². The number of ether oxygens (including phenoxy) is 2. The van der Waals surface area contributed by atoms with Crippen LogP contribution in [0.15, 0.2) is 30.9 Å². The summed E-state index contributed by atoms with van der Waals surface area (Å²) in [7, 11) is 0. The molecule has 1 aliphatic rings. The Labute approximate surface area is 96.9 Å². The zero-order chi connectivity index (χ0) is 11.6. The number of aryl methyl sites for hydroxylation is 1. The zero-order valence-electron chi connectivity index (χ0n) is 9.95. The quantitative estimate of drug-likeness (QED) is 0.724. The van der Waals surface area contributed by atoms with E-state index in [0.717, 1.165) is 24.3 Å². The summed E-state index contributed by atoms with van der Waals surface area (Å²) < 4.78 is 11.6. The molecule has 0 N–H and O–H groups in total. The Hall–Kier alpha value is -1.44. The van der Waals surface area contributed by atoms with Gasteiger partial charge in [0.15, 0.2) is 11.5 Å². The fraction of sp³-hybridized carbons (Fsp3) is 0.429. The largest absolute Gasteiger partial charge is 0.490 e. The van der Waals surface area contributed by atoms with Crippen LogP contribution >= 0.6 is 0 Å². The fourth-order valence-electron chi connectivity index (χ4n) is 1.95. The molecule has 0 aliphatic carbocycles. The second-order valence-corrected chi connectivity index (χ2v) is 4.30. The maximum absolute atomic E-state index is 6.01. The molecule has 0 radical (unpaired) electrons. The van der Waals surface area contributed by atoms with Gasteiger partial charge >= 0.3 is 0 Å². The first-order chi connectivity index (χ1) is 7.68. The standard InChI is InChI=1S/C14H18O2/c1-4-14(3)10-9-11-7-6-8-12(15-5-2)13(11)16-14/h4,6-8H,1,5,9-10H2,2-3H3/t14-/m1/s1. The van der Waals surface area contributed by atoms with E-state index >= 15 is 0 Å². The first kappa shape index (κ1) is 11.1. The van der Waals surface area contributed by atoms with Gasteiger partial charge in [-0.1, -0.05) is 18.7 Å². The first-order valence-electron chi connectivity index (χ1n) is 5.76. The molecular formula is C14H18O2. The van der Waals surface area contributed by atoms with Crippen LogP contribution in [-0.2, 0) is 6.42 Å². The van der Waals surface area contributed by atoms with E-state index in [0.29, 0.717) is 6.61 Å². The topological polar surface area (TPSA) is 18.5 Å². The van der Waals surface area contributed by atoms with Gasteiger partial charge in [-0.15, -0.1) is 0 Å². The molecule has 2 nitrogen and oxygen atoms in total. The summed E-state index contributed by atoms with van der Waals surface area (Å²) in [6, 6.07) is 6.07. The Morgan fingerprint density at radius 1 is 1.56 bits per heavy atom. The van der Waals surface area contributed by atoms with E-state index in [1.807, 2.05) is 25.1 Å². The van der Waals surface area contributed by atoms with Gasteiger partial charge in [-0.25, -0.2) is 0 Å². The molecule has 0 aromatic heterocycles. The summed E-state index contributed by atoms with van der Waals surface area (Å²) >= 11 is 0. The van der Waals surface area contributed by atoms with Crippen molar-refractivity contribution in [3.63, 3.8) is 0 Å². The predicted molar refractivity (Wildman–Crippen MR) is 65.2 cm³/mol. The summed E-state index contributed by atoms with van der Waals surface area (Å²) in [4.78, 5) is 0. The van der Waals surface area contributed by atoms with Crippen LogP contribution in [0.5, 0.6) is 11.5 Å². The third-order valence-corrected chi connectivity index (χ3v) is 3.02. The van der Waals surface area contributed by atoms with Crippen molar-refractivity contribution in [3.8, 4) is 11.5 Å². The van der Waals surface area contributed by atoms with E-state index in [4.69, 9.17) is 9.47 Å². The SMILES string of the molecule is C=C[C@]1(C)CCc2cccc(OCC)c2O1. The fourth-order valence-corrected chi connectivity index (χ4v) is 1.95.